The third-order valence-electron chi connectivity index (χ3n) is 3.94. The Kier molecular flexibility index (Phi) is 5.95. The van der Waals surface area contributed by atoms with E-state index in [1.165, 1.54) is 0 Å². The zero-order chi connectivity index (χ0) is 15.9. The molecule has 5 heteroatoms. The monoisotopic (exact) mass is 304 g/mol. The number of amides is 1. The Balaban J connectivity index is 2.09. The van der Waals surface area contributed by atoms with Gasteiger partial charge in [-0.2, -0.15) is 0 Å². The molecule has 1 aliphatic heterocycles. The number of ether oxygens (including phenoxy) is 1. The number of carbonyl (C=O) groups is 2. The molecule has 2 N–H and O–H groups in total. The van der Waals surface area contributed by atoms with Crippen molar-refractivity contribution in [2.24, 2.45) is 5.92 Å². The van der Waals surface area contributed by atoms with Crippen LogP contribution in [-0.2, 0) is 14.3 Å². The molecule has 0 radical (unpaired) electrons. The fourth-order valence-electron chi connectivity index (χ4n) is 2.78. The molecule has 1 aromatic carbocycles. The highest BCUT2D eigenvalue weighted by Crippen LogP contribution is 2.20. The van der Waals surface area contributed by atoms with Gasteiger partial charge in [0, 0.05) is 12.0 Å². The number of carbonyl (C=O) groups excluding carboxylic acids is 2. The number of esters is 1. The molecule has 1 fully saturated rings. The van der Waals surface area contributed by atoms with Gasteiger partial charge in [0.2, 0.25) is 5.91 Å². The molecular weight excluding hydrogens is 280 g/mol. The third-order valence-corrected chi connectivity index (χ3v) is 3.94. The van der Waals surface area contributed by atoms with Gasteiger partial charge in [0.05, 0.1) is 6.61 Å². The summed E-state index contributed by atoms with van der Waals surface area (Å²) >= 11 is 0. The van der Waals surface area contributed by atoms with Crippen molar-refractivity contribution in [1.82, 2.24) is 10.6 Å². The molecule has 1 aliphatic rings. The first kappa shape index (κ1) is 16.5. The van der Waals surface area contributed by atoms with Crippen molar-refractivity contribution < 1.29 is 14.3 Å². The first-order valence-electron chi connectivity index (χ1n) is 7.87. The largest absolute Gasteiger partial charge is 0.464 e. The molecule has 1 saturated heterocycles. The van der Waals surface area contributed by atoms with Gasteiger partial charge in [0.15, 0.2) is 6.04 Å². The molecular formula is C17H24N2O3. The molecule has 1 aromatic rings. The number of nitrogens with one attached hydrogen (secondary N) is 2. The Morgan fingerprint density at radius 1 is 1.36 bits per heavy atom. The molecule has 1 heterocycles. The van der Waals surface area contributed by atoms with E-state index in [2.05, 4.69) is 17.6 Å². The summed E-state index contributed by atoms with van der Waals surface area (Å²) in [5, 5.41) is 6.19. The van der Waals surface area contributed by atoms with E-state index in [4.69, 9.17) is 4.74 Å². The van der Waals surface area contributed by atoms with E-state index in [-0.39, 0.29) is 11.8 Å². The Labute approximate surface area is 131 Å². The number of benzene rings is 1. The van der Waals surface area contributed by atoms with E-state index >= 15 is 0 Å². The quantitative estimate of drug-likeness (QED) is 0.814. The minimum Gasteiger partial charge on any atom is -0.464 e. The van der Waals surface area contributed by atoms with Crippen LogP contribution in [0.5, 0.6) is 0 Å². The van der Waals surface area contributed by atoms with Crippen molar-refractivity contribution in [1.29, 1.82) is 0 Å². The van der Waals surface area contributed by atoms with Gasteiger partial charge in [-0.05, 0) is 38.8 Å². The van der Waals surface area contributed by atoms with Crippen LogP contribution >= 0.6 is 0 Å². The fraction of sp³-hybridized carbons (Fsp3) is 0.529. The van der Waals surface area contributed by atoms with E-state index in [1.54, 1.807) is 6.92 Å². The molecule has 0 saturated carbocycles. The summed E-state index contributed by atoms with van der Waals surface area (Å²) in [6.45, 7) is 4.95. The molecule has 0 spiro atoms. The van der Waals surface area contributed by atoms with Crippen molar-refractivity contribution in [2.45, 2.75) is 38.8 Å². The van der Waals surface area contributed by atoms with Gasteiger partial charge < -0.3 is 15.4 Å². The highest BCUT2D eigenvalue weighted by atomic mass is 16.5. The maximum absolute atomic E-state index is 12.5. The van der Waals surface area contributed by atoms with E-state index < -0.39 is 12.0 Å². The summed E-state index contributed by atoms with van der Waals surface area (Å²) in [5.41, 5.74) is 0.747. The first-order valence-corrected chi connectivity index (χ1v) is 7.87. The van der Waals surface area contributed by atoms with Gasteiger partial charge in [-0.25, -0.2) is 4.79 Å². The fourth-order valence-corrected chi connectivity index (χ4v) is 2.78. The highest BCUT2D eigenvalue weighted by Gasteiger charge is 2.30. The highest BCUT2D eigenvalue weighted by molar-refractivity contribution is 5.86. The second-order valence-electron chi connectivity index (χ2n) is 5.68. The zero-order valence-corrected chi connectivity index (χ0v) is 13.2. The molecule has 0 bridgehead atoms. The standard InChI is InChI=1S/C17H24N2O3/c1-3-22-17(21)15(13-7-5-4-6-8-13)19-16(20)14-9-10-18-12(2)11-14/h4-8,12,14-15,18H,3,9-11H2,1-2H3,(H,19,20)/t12-,14-,15+/m0/s1. The third kappa shape index (κ3) is 4.31. The molecule has 0 aromatic heterocycles. The predicted octanol–water partition coefficient (Wildman–Crippen LogP) is 1.80. The maximum atomic E-state index is 12.5. The summed E-state index contributed by atoms with van der Waals surface area (Å²) in [6, 6.07) is 8.81. The van der Waals surface area contributed by atoms with E-state index in [0.717, 1.165) is 24.9 Å². The van der Waals surface area contributed by atoms with E-state index in [1.807, 2.05) is 30.3 Å². The lowest BCUT2D eigenvalue weighted by atomic mass is 9.92. The maximum Gasteiger partial charge on any atom is 0.333 e. The van der Waals surface area contributed by atoms with Gasteiger partial charge in [0.1, 0.15) is 0 Å². The number of hydrogen-bond acceptors (Lipinski definition) is 4. The summed E-state index contributed by atoms with van der Waals surface area (Å²) in [7, 11) is 0. The second-order valence-corrected chi connectivity index (χ2v) is 5.68. The lowest BCUT2D eigenvalue weighted by Gasteiger charge is -2.28. The zero-order valence-electron chi connectivity index (χ0n) is 13.2. The van der Waals surface area contributed by atoms with Crippen LogP contribution in [0.3, 0.4) is 0 Å². The Morgan fingerprint density at radius 3 is 2.73 bits per heavy atom. The van der Waals surface area contributed by atoms with Crippen molar-refractivity contribution in [3.05, 3.63) is 35.9 Å². The van der Waals surface area contributed by atoms with Gasteiger partial charge in [-0.1, -0.05) is 30.3 Å². The SMILES string of the molecule is CCOC(=O)[C@H](NC(=O)[C@H]1CCN[C@@H](C)C1)c1ccccc1. The van der Waals surface area contributed by atoms with Crippen LogP contribution in [0.1, 0.15) is 38.3 Å². The normalized spacial score (nSPS) is 22.6. The minimum absolute atomic E-state index is 0.0584. The summed E-state index contributed by atoms with van der Waals surface area (Å²) in [4.78, 5) is 24.7. The second kappa shape index (κ2) is 7.94. The summed E-state index contributed by atoms with van der Waals surface area (Å²) in [6.07, 6.45) is 1.58. The van der Waals surface area contributed by atoms with Crippen molar-refractivity contribution >= 4 is 11.9 Å². The molecule has 2 rings (SSSR count). The molecule has 22 heavy (non-hydrogen) atoms. The van der Waals surface area contributed by atoms with E-state index in [9.17, 15) is 9.59 Å². The molecule has 0 unspecified atom stereocenters. The molecule has 120 valence electrons. The Bertz CT molecular complexity index is 504. The first-order chi connectivity index (χ1) is 10.6. The predicted molar refractivity (Wildman–Crippen MR) is 84.1 cm³/mol. The van der Waals surface area contributed by atoms with Crippen LogP contribution in [0.2, 0.25) is 0 Å². The summed E-state index contributed by atoms with van der Waals surface area (Å²) < 4.78 is 5.10. The number of piperidine rings is 1. The van der Waals surface area contributed by atoms with Crippen LogP contribution in [0, 0.1) is 5.92 Å². The molecule has 0 aliphatic carbocycles. The number of rotatable bonds is 5. The van der Waals surface area contributed by atoms with Gasteiger partial charge >= 0.3 is 5.97 Å². The van der Waals surface area contributed by atoms with E-state index in [0.29, 0.717) is 12.6 Å². The Morgan fingerprint density at radius 2 is 2.09 bits per heavy atom. The van der Waals surface area contributed by atoms with Crippen LogP contribution in [0.4, 0.5) is 0 Å². The van der Waals surface area contributed by atoms with Gasteiger partial charge in [-0.3, -0.25) is 4.79 Å². The van der Waals surface area contributed by atoms with Gasteiger partial charge in [-0.15, -0.1) is 0 Å². The average Bonchev–Trinajstić information content (AvgIpc) is 2.53. The van der Waals surface area contributed by atoms with Crippen molar-refractivity contribution in [3.8, 4) is 0 Å². The smallest absolute Gasteiger partial charge is 0.333 e. The van der Waals surface area contributed by atoms with Crippen LogP contribution < -0.4 is 10.6 Å². The average molecular weight is 304 g/mol. The summed E-state index contributed by atoms with van der Waals surface area (Å²) in [5.74, 6) is -0.545. The van der Waals surface area contributed by atoms with Crippen molar-refractivity contribution in [2.75, 3.05) is 13.2 Å². The molecule has 1 amide bonds. The van der Waals surface area contributed by atoms with Crippen LogP contribution in [0.15, 0.2) is 30.3 Å². The minimum atomic E-state index is -0.737. The molecule has 3 atom stereocenters. The number of hydrogen-bond donors (Lipinski definition) is 2. The van der Waals surface area contributed by atoms with Crippen LogP contribution in [-0.4, -0.2) is 31.1 Å². The topological polar surface area (TPSA) is 67.4 Å². The lowest BCUT2D eigenvalue weighted by Crippen LogP contribution is -2.44. The lowest BCUT2D eigenvalue weighted by molar-refractivity contribution is -0.148. The van der Waals surface area contributed by atoms with Crippen LogP contribution in [0.25, 0.3) is 0 Å². The Hall–Kier alpha value is -1.88. The molecule has 5 nitrogen and oxygen atoms in total. The van der Waals surface area contributed by atoms with Crippen molar-refractivity contribution in [3.63, 3.8) is 0 Å². The van der Waals surface area contributed by atoms with Gasteiger partial charge in [0.25, 0.3) is 0 Å².